The molecule has 0 saturated carbocycles. The van der Waals surface area contributed by atoms with E-state index in [4.69, 9.17) is 9.47 Å². The second-order valence-electron chi connectivity index (χ2n) is 15.5. The maximum atomic E-state index is 12.9. The van der Waals surface area contributed by atoms with Gasteiger partial charge in [-0.15, -0.1) is 0 Å². The zero-order chi connectivity index (χ0) is 40.2. The van der Waals surface area contributed by atoms with Crippen molar-refractivity contribution in [2.75, 3.05) is 13.2 Å². The van der Waals surface area contributed by atoms with Crippen LogP contribution in [0.15, 0.2) is 48.6 Å². The van der Waals surface area contributed by atoms with Crippen LogP contribution in [0.5, 0.6) is 0 Å². The Kier molecular flexibility index (Phi) is 33.9. The number of allylic oxidation sites excluding steroid dienone is 7. The lowest BCUT2D eigenvalue weighted by Crippen LogP contribution is -2.60. The number of carbonyl (C=O) groups excluding carboxylic acids is 1. The van der Waals surface area contributed by atoms with Crippen LogP contribution >= 0.6 is 0 Å². The Balaban J connectivity index is 2.26. The predicted molar refractivity (Wildman–Crippen MR) is 226 cm³/mol. The smallest absolute Gasteiger partial charge is 0.220 e. The van der Waals surface area contributed by atoms with Crippen molar-refractivity contribution in [3.63, 3.8) is 0 Å². The molecule has 6 N–H and O–H groups in total. The molecule has 0 aromatic carbocycles. The minimum atomic E-state index is -1.57. The monoisotopic (exact) mass is 778 g/mol. The van der Waals surface area contributed by atoms with Gasteiger partial charge in [0.15, 0.2) is 6.29 Å². The number of unbranched alkanes of at least 4 members (excludes halogenated alkanes) is 21. The zero-order valence-corrected chi connectivity index (χ0v) is 34.9. The van der Waals surface area contributed by atoms with Crippen LogP contribution in [0, 0.1) is 0 Å². The summed E-state index contributed by atoms with van der Waals surface area (Å²) in [5, 5.41) is 53.9. The lowest BCUT2D eigenvalue weighted by Gasteiger charge is -2.40. The molecule has 7 atom stereocenters. The van der Waals surface area contributed by atoms with Crippen LogP contribution in [0.2, 0.25) is 0 Å². The van der Waals surface area contributed by atoms with Gasteiger partial charge in [0.2, 0.25) is 5.91 Å². The van der Waals surface area contributed by atoms with Gasteiger partial charge in [-0.1, -0.05) is 158 Å². The number of hydrogen-bond acceptors (Lipinski definition) is 8. The molecule has 55 heavy (non-hydrogen) atoms. The second-order valence-corrected chi connectivity index (χ2v) is 15.5. The molecular formula is C46H83NO8. The number of carbonyl (C=O) groups is 1. The Morgan fingerprint density at radius 2 is 1.11 bits per heavy atom. The number of aliphatic hydroxyl groups excluding tert-OH is 5. The van der Waals surface area contributed by atoms with Gasteiger partial charge in [-0.2, -0.15) is 0 Å². The highest BCUT2D eigenvalue weighted by molar-refractivity contribution is 5.76. The third kappa shape index (κ3) is 27.4. The number of hydrogen-bond donors (Lipinski definition) is 6. The van der Waals surface area contributed by atoms with Crippen LogP contribution < -0.4 is 5.32 Å². The normalized spacial score (nSPS) is 21.8. The van der Waals surface area contributed by atoms with E-state index in [1.54, 1.807) is 6.08 Å². The molecule has 0 aromatic heterocycles. The Morgan fingerprint density at radius 1 is 0.636 bits per heavy atom. The van der Waals surface area contributed by atoms with E-state index in [0.717, 1.165) is 57.8 Å². The minimum absolute atomic E-state index is 0.200. The average molecular weight is 778 g/mol. The first kappa shape index (κ1) is 51.2. The summed E-state index contributed by atoms with van der Waals surface area (Å²) in [6.07, 6.45) is 39.1. The molecule has 0 bridgehead atoms. The summed E-state index contributed by atoms with van der Waals surface area (Å²) in [5.41, 5.74) is 0. The molecule has 1 rings (SSSR count). The Labute approximate surface area is 335 Å². The fourth-order valence-electron chi connectivity index (χ4n) is 6.84. The molecule has 1 fully saturated rings. The van der Waals surface area contributed by atoms with Crippen LogP contribution in [-0.2, 0) is 14.3 Å². The van der Waals surface area contributed by atoms with Gasteiger partial charge in [0.05, 0.1) is 25.4 Å². The van der Waals surface area contributed by atoms with Crippen molar-refractivity contribution in [3.05, 3.63) is 48.6 Å². The van der Waals surface area contributed by atoms with Gasteiger partial charge in [0, 0.05) is 6.42 Å². The van der Waals surface area contributed by atoms with E-state index in [9.17, 15) is 30.3 Å². The molecule has 1 saturated heterocycles. The van der Waals surface area contributed by atoms with Gasteiger partial charge in [0.1, 0.15) is 24.4 Å². The second kappa shape index (κ2) is 36.5. The predicted octanol–water partition coefficient (Wildman–Crippen LogP) is 9.06. The van der Waals surface area contributed by atoms with Crippen molar-refractivity contribution in [1.29, 1.82) is 0 Å². The number of ether oxygens (including phenoxy) is 2. The standard InChI is InChI=1S/C46H83NO8/c1-3-5-7-9-11-13-14-15-16-17-18-19-20-21-22-23-24-25-26-28-30-32-34-36-42(50)47-39(40(49)35-33-31-29-27-12-10-8-6-4-2)38-54-46-45(53)44(52)43(51)41(37-48)55-46/h4,6,12,21-22,27,33,35,39-41,43-46,48-49,51-53H,3,5,7-11,13-20,23-26,28-32,34,36-38H2,1-2H3,(H,47,50)/b6-4+,22-21-,27-12+,35-33+. The van der Waals surface area contributed by atoms with Crippen molar-refractivity contribution < 1.29 is 39.8 Å². The summed E-state index contributed by atoms with van der Waals surface area (Å²) < 4.78 is 11.1. The summed E-state index contributed by atoms with van der Waals surface area (Å²) >= 11 is 0. The van der Waals surface area contributed by atoms with Gasteiger partial charge in [-0.3, -0.25) is 4.79 Å². The number of amides is 1. The Morgan fingerprint density at radius 3 is 1.64 bits per heavy atom. The van der Waals surface area contributed by atoms with Gasteiger partial charge < -0.3 is 40.3 Å². The molecule has 7 unspecified atom stereocenters. The fraction of sp³-hybridized carbons (Fsp3) is 0.804. The largest absolute Gasteiger partial charge is 0.394 e. The maximum Gasteiger partial charge on any atom is 0.220 e. The molecule has 0 aliphatic carbocycles. The van der Waals surface area contributed by atoms with E-state index in [2.05, 4.69) is 42.6 Å². The average Bonchev–Trinajstić information content (AvgIpc) is 3.18. The molecule has 0 aromatic rings. The van der Waals surface area contributed by atoms with Crippen molar-refractivity contribution >= 4 is 5.91 Å². The van der Waals surface area contributed by atoms with E-state index >= 15 is 0 Å². The number of rotatable bonds is 36. The first-order chi connectivity index (χ1) is 26.8. The Hall–Kier alpha value is -1.85. The van der Waals surface area contributed by atoms with E-state index in [1.165, 1.54) is 103 Å². The minimum Gasteiger partial charge on any atom is -0.394 e. The number of aliphatic hydroxyl groups is 5. The lowest BCUT2D eigenvalue weighted by atomic mass is 9.99. The van der Waals surface area contributed by atoms with Crippen LogP contribution in [-0.4, -0.2) is 87.5 Å². The third-order valence-electron chi connectivity index (χ3n) is 10.4. The number of nitrogens with one attached hydrogen (secondary N) is 1. The van der Waals surface area contributed by atoms with E-state index in [1.807, 2.05) is 19.1 Å². The van der Waals surface area contributed by atoms with Gasteiger partial charge in [-0.05, 0) is 64.7 Å². The van der Waals surface area contributed by atoms with Crippen molar-refractivity contribution in [2.45, 2.75) is 224 Å². The first-order valence-electron chi connectivity index (χ1n) is 22.3. The van der Waals surface area contributed by atoms with Crippen molar-refractivity contribution in [2.24, 2.45) is 0 Å². The van der Waals surface area contributed by atoms with Crippen LogP contribution in [0.3, 0.4) is 0 Å². The summed E-state index contributed by atoms with van der Waals surface area (Å²) in [6, 6.07) is -0.828. The molecular weight excluding hydrogens is 695 g/mol. The summed E-state index contributed by atoms with van der Waals surface area (Å²) in [5.74, 6) is -0.200. The van der Waals surface area contributed by atoms with Crippen molar-refractivity contribution in [1.82, 2.24) is 5.32 Å². The van der Waals surface area contributed by atoms with E-state index < -0.39 is 49.5 Å². The molecule has 9 heteroatoms. The summed E-state index contributed by atoms with van der Waals surface area (Å²) in [4.78, 5) is 12.9. The van der Waals surface area contributed by atoms with Gasteiger partial charge >= 0.3 is 0 Å². The summed E-state index contributed by atoms with van der Waals surface area (Å²) in [7, 11) is 0. The van der Waals surface area contributed by atoms with Gasteiger partial charge in [0.25, 0.3) is 0 Å². The third-order valence-corrected chi connectivity index (χ3v) is 10.4. The Bertz CT molecular complexity index is 998. The van der Waals surface area contributed by atoms with Crippen LogP contribution in [0.4, 0.5) is 0 Å². The van der Waals surface area contributed by atoms with Crippen molar-refractivity contribution in [3.8, 4) is 0 Å². The summed E-state index contributed by atoms with van der Waals surface area (Å²) in [6.45, 7) is 3.50. The molecule has 1 heterocycles. The highest BCUT2D eigenvalue weighted by Gasteiger charge is 2.44. The SMILES string of the molecule is C/C=C/CC/C=C/CC/C=C/C(O)C(COC1OC(CO)C(O)C(O)C1O)NC(=O)CCCCCCCCC/C=C\CCCCCCCCCCCCCC. The molecule has 1 amide bonds. The molecule has 0 spiro atoms. The highest BCUT2D eigenvalue weighted by Crippen LogP contribution is 2.22. The molecule has 0 radical (unpaired) electrons. The van der Waals surface area contributed by atoms with Crippen LogP contribution in [0.25, 0.3) is 0 Å². The first-order valence-corrected chi connectivity index (χ1v) is 22.3. The lowest BCUT2D eigenvalue weighted by molar-refractivity contribution is -0.302. The maximum absolute atomic E-state index is 12.9. The topological polar surface area (TPSA) is 149 Å². The molecule has 1 aliphatic heterocycles. The fourth-order valence-corrected chi connectivity index (χ4v) is 6.84. The van der Waals surface area contributed by atoms with Gasteiger partial charge in [-0.25, -0.2) is 0 Å². The highest BCUT2D eigenvalue weighted by atomic mass is 16.7. The molecule has 320 valence electrons. The quantitative estimate of drug-likeness (QED) is 0.0273. The van der Waals surface area contributed by atoms with Crippen LogP contribution in [0.1, 0.15) is 181 Å². The van der Waals surface area contributed by atoms with E-state index in [0.29, 0.717) is 6.42 Å². The molecule has 1 aliphatic rings. The molecule has 9 nitrogen and oxygen atoms in total. The zero-order valence-electron chi connectivity index (χ0n) is 34.9. The van der Waals surface area contributed by atoms with E-state index in [-0.39, 0.29) is 12.5 Å².